The Bertz CT molecular complexity index is 627. The molecule has 1 fully saturated rings. The molecule has 1 saturated heterocycles. The Morgan fingerprint density at radius 2 is 1.76 bits per heavy atom. The number of carbonyl (C=O) groups excluding carboxylic acids is 2. The van der Waals surface area contributed by atoms with E-state index in [9.17, 15) is 9.59 Å². The summed E-state index contributed by atoms with van der Waals surface area (Å²) in [6.07, 6.45) is 0.318. The quantitative estimate of drug-likeness (QED) is 0.787. The lowest BCUT2D eigenvalue weighted by Gasteiger charge is -2.29. The van der Waals surface area contributed by atoms with Crippen molar-refractivity contribution in [3.8, 4) is 0 Å². The molecule has 138 valence electrons. The van der Waals surface area contributed by atoms with Crippen LogP contribution in [0, 0.1) is 31.6 Å². The zero-order valence-corrected chi connectivity index (χ0v) is 16.5. The van der Waals surface area contributed by atoms with Crippen molar-refractivity contribution in [2.24, 2.45) is 17.8 Å². The van der Waals surface area contributed by atoms with E-state index in [-0.39, 0.29) is 17.7 Å². The molecule has 0 aliphatic carbocycles. The van der Waals surface area contributed by atoms with Crippen LogP contribution in [0.1, 0.15) is 45.2 Å². The molecular weight excluding hydrogens is 312 g/mol. The van der Waals surface area contributed by atoms with Gasteiger partial charge in [0.15, 0.2) is 0 Å². The maximum absolute atomic E-state index is 13.0. The van der Waals surface area contributed by atoms with Crippen LogP contribution < -0.4 is 4.90 Å². The van der Waals surface area contributed by atoms with Gasteiger partial charge in [0.25, 0.3) is 0 Å². The van der Waals surface area contributed by atoms with Gasteiger partial charge in [0.1, 0.15) is 0 Å². The molecule has 0 radical (unpaired) electrons. The second-order valence-electron chi connectivity index (χ2n) is 8.23. The third-order valence-corrected chi connectivity index (χ3v) is 4.60. The number of rotatable bonds is 6. The van der Waals surface area contributed by atoms with Crippen LogP contribution in [-0.4, -0.2) is 36.3 Å². The van der Waals surface area contributed by atoms with Gasteiger partial charge in [-0.15, -0.1) is 0 Å². The fourth-order valence-electron chi connectivity index (χ4n) is 3.61. The predicted molar refractivity (Wildman–Crippen MR) is 103 cm³/mol. The molecule has 0 N–H and O–H groups in total. The van der Waals surface area contributed by atoms with E-state index in [0.717, 1.165) is 24.3 Å². The molecule has 1 heterocycles. The van der Waals surface area contributed by atoms with Crippen LogP contribution in [0.2, 0.25) is 0 Å². The number of aryl methyl sites for hydroxylation is 2. The Balaban J connectivity index is 2.15. The Hall–Kier alpha value is -1.84. The molecule has 4 heteroatoms. The second-order valence-corrected chi connectivity index (χ2v) is 8.23. The third-order valence-electron chi connectivity index (χ3n) is 4.60. The number of anilines is 1. The monoisotopic (exact) mass is 344 g/mol. The first-order chi connectivity index (χ1) is 11.7. The summed E-state index contributed by atoms with van der Waals surface area (Å²) in [4.78, 5) is 29.3. The number of nitrogens with zero attached hydrogens (tertiary/aromatic N) is 2. The maximum Gasteiger partial charge on any atom is 0.228 e. The number of carbonyl (C=O) groups is 2. The lowest BCUT2D eigenvalue weighted by Crippen LogP contribution is -2.41. The number of hydrogen-bond donors (Lipinski definition) is 0. The molecule has 0 spiro atoms. The van der Waals surface area contributed by atoms with Crippen LogP contribution in [-0.2, 0) is 9.59 Å². The van der Waals surface area contributed by atoms with E-state index in [1.165, 1.54) is 5.56 Å². The van der Waals surface area contributed by atoms with Crippen LogP contribution >= 0.6 is 0 Å². The molecule has 1 aromatic carbocycles. The van der Waals surface area contributed by atoms with Crippen molar-refractivity contribution in [1.29, 1.82) is 0 Å². The van der Waals surface area contributed by atoms with Gasteiger partial charge in [-0.3, -0.25) is 9.59 Å². The normalized spacial score (nSPS) is 17.7. The van der Waals surface area contributed by atoms with Gasteiger partial charge >= 0.3 is 0 Å². The Morgan fingerprint density at radius 3 is 2.28 bits per heavy atom. The zero-order valence-electron chi connectivity index (χ0n) is 16.5. The summed E-state index contributed by atoms with van der Waals surface area (Å²) >= 11 is 0. The van der Waals surface area contributed by atoms with E-state index in [2.05, 4.69) is 33.8 Å². The summed E-state index contributed by atoms with van der Waals surface area (Å²) in [5.41, 5.74) is 3.20. The van der Waals surface area contributed by atoms with E-state index in [0.29, 0.717) is 24.8 Å². The molecule has 1 aliphatic rings. The molecule has 25 heavy (non-hydrogen) atoms. The van der Waals surface area contributed by atoms with Gasteiger partial charge in [-0.25, -0.2) is 0 Å². The summed E-state index contributed by atoms with van der Waals surface area (Å²) in [6.45, 7) is 14.6. The minimum absolute atomic E-state index is 0.0550. The highest BCUT2D eigenvalue weighted by Gasteiger charge is 2.37. The average Bonchev–Trinajstić information content (AvgIpc) is 2.86. The van der Waals surface area contributed by atoms with E-state index in [1.54, 1.807) is 4.90 Å². The summed E-state index contributed by atoms with van der Waals surface area (Å²) < 4.78 is 0. The average molecular weight is 344 g/mol. The summed E-state index contributed by atoms with van der Waals surface area (Å²) in [7, 11) is 0. The highest BCUT2D eigenvalue weighted by atomic mass is 16.2. The van der Waals surface area contributed by atoms with Gasteiger partial charge < -0.3 is 9.80 Å². The lowest BCUT2D eigenvalue weighted by atomic mass is 10.0. The van der Waals surface area contributed by atoms with Crippen molar-refractivity contribution in [3.63, 3.8) is 0 Å². The molecule has 0 aromatic heterocycles. The number of amides is 2. The molecular formula is C21H32N2O2. The fraction of sp³-hybridized carbons (Fsp3) is 0.619. The number of benzene rings is 1. The standard InChI is InChI=1S/C21H32N2O2/c1-14(2)11-22(12-15(3)4)21(25)18-10-20(24)23(13-18)19-8-7-16(5)9-17(19)6/h7-9,14-15,18H,10-13H2,1-6H3. The van der Waals surface area contributed by atoms with Crippen LogP contribution in [0.5, 0.6) is 0 Å². The molecule has 1 aliphatic heterocycles. The Kier molecular flexibility index (Phi) is 6.26. The zero-order chi connectivity index (χ0) is 18.7. The van der Waals surface area contributed by atoms with Gasteiger partial charge in [0.2, 0.25) is 11.8 Å². The van der Waals surface area contributed by atoms with Crippen molar-refractivity contribution < 1.29 is 9.59 Å². The largest absolute Gasteiger partial charge is 0.342 e. The van der Waals surface area contributed by atoms with Crippen molar-refractivity contribution in [2.45, 2.75) is 48.0 Å². The number of hydrogen-bond acceptors (Lipinski definition) is 2. The van der Waals surface area contributed by atoms with Crippen molar-refractivity contribution >= 4 is 17.5 Å². The van der Waals surface area contributed by atoms with Gasteiger partial charge in [0.05, 0.1) is 5.92 Å². The Morgan fingerprint density at radius 1 is 1.16 bits per heavy atom. The minimum Gasteiger partial charge on any atom is -0.342 e. The minimum atomic E-state index is -0.231. The van der Waals surface area contributed by atoms with Gasteiger partial charge in [0, 0.05) is 31.7 Å². The first-order valence-corrected chi connectivity index (χ1v) is 9.35. The molecule has 2 rings (SSSR count). The van der Waals surface area contributed by atoms with Crippen molar-refractivity contribution in [3.05, 3.63) is 29.3 Å². The van der Waals surface area contributed by atoms with Gasteiger partial charge in [-0.05, 0) is 37.3 Å². The molecule has 1 aromatic rings. The van der Waals surface area contributed by atoms with E-state index in [1.807, 2.05) is 30.9 Å². The maximum atomic E-state index is 13.0. The highest BCUT2D eigenvalue weighted by Crippen LogP contribution is 2.29. The van der Waals surface area contributed by atoms with Crippen LogP contribution in [0.3, 0.4) is 0 Å². The first kappa shape index (κ1) is 19.5. The van der Waals surface area contributed by atoms with Gasteiger partial charge in [-0.1, -0.05) is 45.4 Å². The summed E-state index contributed by atoms with van der Waals surface area (Å²) in [5.74, 6) is 0.804. The predicted octanol–water partition coefficient (Wildman–Crippen LogP) is 3.80. The fourth-order valence-corrected chi connectivity index (χ4v) is 3.61. The van der Waals surface area contributed by atoms with Crippen molar-refractivity contribution in [1.82, 2.24) is 4.90 Å². The topological polar surface area (TPSA) is 40.6 Å². The smallest absolute Gasteiger partial charge is 0.228 e. The third kappa shape index (κ3) is 4.83. The van der Waals surface area contributed by atoms with Crippen LogP contribution in [0.25, 0.3) is 0 Å². The van der Waals surface area contributed by atoms with Gasteiger partial charge in [-0.2, -0.15) is 0 Å². The van der Waals surface area contributed by atoms with Crippen LogP contribution in [0.4, 0.5) is 5.69 Å². The molecule has 2 amide bonds. The van der Waals surface area contributed by atoms with Crippen LogP contribution in [0.15, 0.2) is 18.2 Å². The molecule has 1 unspecified atom stereocenters. The first-order valence-electron chi connectivity index (χ1n) is 9.35. The summed E-state index contributed by atoms with van der Waals surface area (Å²) in [6, 6.07) is 6.10. The second kappa shape index (κ2) is 8.03. The molecule has 1 atom stereocenters. The van der Waals surface area contributed by atoms with E-state index in [4.69, 9.17) is 0 Å². The van der Waals surface area contributed by atoms with E-state index >= 15 is 0 Å². The summed E-state index contributed by atoms with van der Waals surface area (Å²) in [5, 5.41) is 0. The highest BCUT2D eigenvalue weighted by molar-refractivity contribution is 6.00. The lowest BCUT2D eigenvalue weighted by molar-refractivity contribution is -0.136. The van der Waals surface area contributed by atoms with E-state index < -0.39 is 0 Å². The molecule has 0 saturated carbocycles. The SMILES string of the molecule is Cc1ccc(N2CC(C(=O)N(CC(C)C)CC(C)C)CC2=O)c(C)c1. The Labute approximate surface area is 152 Å². The molecule has 4 nitrogen and oxygen atoms in total. The van der Waals surface area contributed by atoms with Crippen molar-refractivity contribution in [2.75, 3.05) is 24.5 Å². The molecule has 0 bridgehead atoms.